The molecule has 2 heterocycles. The third-order valence-corrected chi connectivity index (χ3v) is 4.62. The molecule has 106 valence electrons. The van der Waals surface area contributed by atoms with Gasteiger partial charge in [0.2, 0.25) is 5.56 Å². The van der Waals surface area contributed by atoms with Gasteiger partial charge in [0.05, 0.1) is 11.0 Å². The molecule has 2 N–H and O–H groups in total. The molecule has 0 bridgehead atoms. The zero-order valence-electron chi connectivity index (χ0n) is 11.0. The molecule has 6 heteroatoms. The van der Waals surface area contributed by atoms with E-state index in [1.54, 1.807) is 4.90 Å². The molecular weight excluding hydrogens is 260 g/mol. The van der Waals surface area contributed by atoms with Crippen LogP contribution in [0.25, 0.3) is 0 Å². The molecule has 2 atom stereocenters. The van der Waals surface area contributed by atoms with Crippen LogP contribution in [-0.4, -0.2) is 40.0 Å². The summed E-state index contributed by atoms with van der Waals surface area (Å²) in [7, 11) is 0. The van der Waals surface area contributed by atoms with Gasteiger partial charge in [-0.1, -0.05) is 6.42 Å². The van der Waals surface area contributed by atoms with E-state index in [4.69, 9.17) is 0 Å². The van der Waals surface area contributed by atoms with Crippen molar-refractivity contribution in [1.82, 2.24) is 9.88 Å². The van der Waals surface area contributed by atoms with Gasteiger partial charge >= 0.3 is 5.97 Å². The fourth-order valence-corrected chi connectivity index (χ4v) is 3.52. The van der Waals surface area contributed by atoms with Gasteiger partial charge in [-0.25, -0.2) is 0 Å². The molecule has 0 spiro atoms. The van der Waals surface area contributed by atoms with Crippen LogP contribution in [0, 0.1) is 11.3 Å². The van der Waals surface area contributed by atoms with Gasteiger partial charge in [-0.2, -0.15) is 0 Å². The zero-order valence-corrected chi connectivity index (χ0v) is 11.0. The number of hydrogen-bond acceptors (Lipinski definition) is 3. The predicted molar refractivity (Wildman–Crippen MR) is 70.4 cm³/mol. The van der Waals surface area contributed by atoms with Crippen LogP contribution in [0.3, 0.4) is 0 Å². The Balaban J connectivity index is 1.83. The van der Waals surface area contributed by atoms with Crippen LogP contribution in [0.15, 0.2) is 23.1 Å². The van der Waals surface area contributed by atoms with E-state index in [1.165, 1.54) is 18.3 Å². The Hall–Kier alpha value is -2.11. The Kier molecular flexibility index (Phi) is 2.88. The van der Waals surface area contributed by atoms with Crippen molar-refractivity contribution >= 4 is 11.9 Å². The first kappa shape index (κ1) is 12.9. The SMILES string of the molecule is O=C(c1ccc(=O)[nH]c1)N1C[C@@H]2CCC[C@@]2(C(=O)O)C1. The largest absolute Gasteiger partial charge is 0.481 e. The minimum atomic E-state index is -0.795. The van der Waals surface area contributed by atoms with Crippen molar-refractivity contribution in [1.29, 1.82) is 0 Å². The molecule has 1 saturated heterocycles. The molecule has 1 saturated carbocycles. The minimum Gasteiger partial charge on any atom is -0.481 e. The number of aromatic nitrogens is 1. The van der Waals surface area contributed by atoms with Crippen LogP contribution in [0.1, 0.15) is 29.6 Å². The van der Waals surface area contributed by atoms with E-state index in [9.17, 15) is 19.5 Å². The van der Waals surface area contributed by atoms with Crippen LogP contribution >= 0.6 is 0 Å². The highest BCUT2D eigenvalue weighted by atomic mass is 16.4. The fourth-order valence-electron chi connectivity index (χ4n) is 3.52. The van der Waals surface area contributed by atoms with E-state index >= 15 is 0 Å². The second-order valence-electron chi connectivity index (χ2n) is 5.68. The highest BCUT2D eigenvalue weighted by molar-refractivity contribution is 5.94. The van der Waals surface area contributed by atoms with E-state index in [1.807, 2.05) is 0 Å². The smallest absolute Gasteiger partial charge is 0.311 e. The number of carboxylic acids is 1. The van der Waals surface area contributed by atoms with Crippen molar-refractivity contribution in [2.24, 2.45) is 11.3 Å². The lowest BCUT2D eigenvalue weighted by atomic mass is 9.81. The summed E-state index contributed by atoms with van der Waals surface area (Å²) in [5.74, 6) is -0.959. The Morgan fingerprint density at radius 1 is 1.40 bits per heavy atom. The molecular formula is C14H16N2O4. The molecule has 6 nitrogen and oxygen atoms in total. The summed E-state index contributed by atoms with van der Waals surface area (Å²) in [6.45, 7) is 0.759. The fraction of sp³-hybridized carbons (Fsp3) is 0.500. The summed E-state index contributed by atoms with van der Waals surface area (Å²) in [5, 5.41) is 9.50. The molecule has 0 radical (unpaired) electrons. The lowest BCUT2D eigenvalue weighted by Gasteiger charge is -2.23. The molecule has 1 aromatic rings. The first-order chi connectivity index (χ1) is 9.53. The number of aromatic amines is 1. The molecule has 2 fully saturated rings. The molecule has 0 aromatic carbocycles. The second-order valence-corrected chi connectivity index (χ2v) is 5.68. The van der Waals surface area contributed by atoms with Gasteiger partial charge in [-0.15, -0.1) is 0 Å². The van der Waals surface area contributed by atoms with E-state index in [0.29, 0.717) is 18.5 Å². The number of likely N-dealkylation sites (tertiary alicyclic amines) is 1. The number of fused-ring (bicyclic) bond motifs is 1. The van der Waals surface area contributed by atoms with E-state index in [-0.39, 0.29) is 23.9 Å². The number of H-pyrrole nitrogens is 1. The molecule has 1 aliphatic heterocycles. The summed E-state index contributed by atoms with van der Waals surface area (Å²) >= 11 is 0. The minimum absolute atomic E-state index is 0.0479. The standard InChI is InChI=1S/C14H16N2O4/c17-11-4-3-9(6-15-11)12(18)16-7-10-2-1-5-14(10,8-16)13(19)20/h3-4,6,10H,1-2,5,7-8H2,(H,15,17)(H,19,20)/t10-,14+/m0/s1. The molecule has 20 heavy (non-hydrogen) atoms. The summed E-state index contributed by atoms with van der Waals surface area (Å²) in [6, 6.07) is 2.78. The van der Waals surface area contributed by atoms with Gasteiger partial charge in [-0.05, 0) is 24.8 Å². The number of nitrogens with zero attached hydrogens (tertiary/aromatic N) is 1. The number of rotatable bonds is 2. The molecule has 0 unspecified atom stereocenters. The third kappa shape index (κ3) is 1.83. The van der Waals surface area contributed by atoms with Crippen molar-refractivity contribution in [3.05, 3.63) is 34.2 Å². The number of hydrogen-bond donors (Lipinski definition) is 2. The quantitative estimate of drug-likeness (QED) is 0.832. The molecule has 1 aromatic heterocycles. The molecule has 1 aliphatic carbocycles. The Morgan fingerprint density at radius 2 is 2.20 bits per heavy atom. The Bertz CT molecular complexity index is 603. The summed E-state index contributed by atoms with van der Waals surface area (Å²) < 4.78 is 0. The number of carbonyl (C=O) groups excluding carboxylic acids is 1. The average molecular weight is 276 g/mol. The Labute approximate surface area is 115 Å². The van der Waals surface area contributed by atoms with Crippen molar-refractivity contribution in [3.63, 3.8) is 0 Å². The van der Waals surface area contributed by atoms with Gasteiger partial charge in [0, 0.05) is 25.4 Å². The number of nitrogens with one attached hydrogen (secondary N) is 1. The highest BCUT2D eigenvalue weighted by Crippen LogP contribution is 2.49. The maximum atomic E-state index is 12.4. The Morgan fingerprint density at radius 3 is 2.80 bits per heavy atom. The molecule has 3 rings (SSSR count). The van der Waals surface area contributed by atoms with E-state index in [2.05, 4.69) is 4.98 Å². The van der Waals surface area contributed by atoms with Crippen LogP contribution in [0.4, 0.5) is 0 Å². The third-order valence-electron chi connectivity index (χ3n) is 4.62. The predicted octanol–water partition coefficient (Wildman–Crippen LogP) is 0.702. The van der Waals surface area contributed by atoms with E-state index < -0.39 is 11.4 Å². The van der Waals surface area contributed by atoms with E-state index in [0.717, 1.165) is 12.8 Å². The molecule has 1 amide bonds. The zero-order chi connectivity index (χ0) is 14.3. The van der Waals surface area contributed by atoms with Gasteiger partial charge in [0.1, 0.15) is 0 Å². The summed E-state index contributed by atoms with van der Waals surface area (Å²) in [4.78, 5) is 39.0. The van der Waals surface area contributed by atoms with Crippen LogP contribution < -0.4 is 5.56 Å². The lowest BCUT2D eigenvalue weighted by Crippen LogP contribution is -2.37. The monoisotopic (exact) mass is 276 g/mol. The number of carbonyl (C=O) groups is 2. The molecule has 2 aliphatic rings. The average Bonchev–Trinajstić information content (AvgIpc) is 2.96. The van der Waals surface area contributed by atoms with Gasteiger partial charge < -0.3 is 15.0 Å². The lowest BCUT2D eigenvalue weighted by molar-refractivity contribution is -0.149. The summed E-state index contributed by atoms with van der Waals surface area (Å²) in [5.41, 5.74) is -0.635. The second kappa shape index (κ2) is 4.47. The maximum absolute atomic E-state index is 12.4. The van der Waals surface area contributed by atoms with Crippen LogP contribution in [0.2, 0.25) is 0 Å². The van der Waals surface area contributed by atoms with Crippen LogP contribution in [0.5, 0.6) is 0 Å². The number of carboxylic acid groups (broad SMARTS) is 1. The summed E-state index contributed by atoms with van der Waals surface area (Å²) in [6.07, 6.45) is 3.80. The number of aliphatic carboxylic acids is 1. The van der Waals surface area contributed by atoms with Crippen molar-refractivity contribution in [3.8, 4) is 0 Å². The van der Waals surface area contributed by atoms with Crippen LogP contribution in [-0.2, 0) is 4.79 Å². The van der Waals surface area contributed by atoms with Gasteiger partial charge in [0.15, 0.2) is 0 Å². The number of amides is 1. The van der Waals surface area contributed by atoms with Crippen molar-refractivity contribution in [2.75, 3.05) is 13.1 Å². The topological polar surface area (TPSA) is 90.5 Å². The normalized spacial score (nSPS) is 28.4. The number of pyridine rings is 1. The van der Waals surface area contributed by atoms with Gasteiger partial charge in [-0.3, -0.25) is 14.4 Å². The first-order valence-corrected chi connectivity index (χ1v) is 6.74. The maximum Gasteiger partial charge on any atom is 0.311 e. The first-order valence-electron chi connectivity index (χ1n) is 6.74. The van der Waals surface area contributed by atoms with Gasteiger partial charge in [0.25, 0.3) is 5.91 Å². The van der Waals surface area contributed by atoms with Crippen molar-refractivity contribution in [2.45, 2.75) is 19.3 Å². The van der Waals surface area contributed by atoms with Crippen molar-refractivity contribution < 1.29 is 14.7 Å². The highest BCUT2D eigenvalue weighted by Gasteiger charge is 2.55.